The minimum absolute atomic E-state index is 0.453. The second-order valence-corrected chi connectivity index (χ2v) is 3.16. The molecule has 1 aromatic rings. The first-order valence-corrected chi connectivity index (χ1v) is 3.83. The normalized spacial score (nSPS) is 12.5. The van der Waals surface area contributed by atoms with E-state index in [0.29, 0.717) is 0 Å². The molecule has 1 unspecified atom stereocenters. The number of hydrogen-bond acceptors (Lipinski definition) is 3. The lowest BCUT2D eigenvalue weighted by molar-refractivity contribution is 0.924. The zero-order valence-corrected chi connectivity index (χ0v) is 6.48. The lowest BCUT2D eigenvalue weighted by Crippen LogP contribution is -2.06. The van der Waals surface area contributed by atoms with Gasteiger partial charge in [-0.15, -0.1) is 11.3 Å². The summed E-state index contributed by atoms with van der Waals surface area (Å²) in [6.07, 6.45) is 0. The molecule has 10 heavy (non-hydrogen) atoms. The van der Waals surface area contributed by atoms with Gasteiger partial charge in [0.25, 0.3) is 0 Å². The summed E-state index contributed by atoms with van der Waals surface area (Å²) >= 11 is 1.62. The first-order valence-electron chi connectivity index (χ1n) is 2.95. The second-order valence-electron chi connectivity index (χ2n) is 2.04. The van der Waals surface area contributed by atoms with Crippen molar-refractivity contribution in [3.8, 4) is 6.07 Å². The Bertz CT molecular complexity index is 259. The van der Waals surface area contributed by atoms with E-state index < -0.39 is 6.04 Å². The summed E-state index contributed by atoms with van der Waals surface area (Å²) < 4.78 is 0. The molecule has 0 saturated carbocycles. The van der Waals surface area contributed by atoms with Crippen LogP contribution in [0.3, 0.4) is 0 Å². The van der Waals surface area contributed by atoms with Gasteiger partial charge in [0, 0.05) is 4.88 Å². The Balaban J connectivity index is 2.96. The Morgan fingerprint density at radius 2 is 2.50 bits per heavy atom. The van der Waals surface area contributed by atoms with E-state index >= 15 is 0 Å². The van der Waals surface area contributed by atoms with E-state index in [0.717, 1.165) is 10.4 Å². The van der Waals surface area contributed by atoms with Gasteiger partial charge < -0.3 is 5.73 Å². The van der Waals surface area contributed by atoms with E-state index in [1.165, 1.54) is 0 Å². The molecule has 0 amide bonds. The minimum atomic E-state index is -0.453. The number of nitrogens with two attached hydrogens (primary N) is 1. The maximum atomic E-state index is 8.46. The summed E-state index contributed by atoms with van der Waals surface area (Å²) in [6, 6.07) is 3.44. The topological polar surface area (TPSA) is 49.8 Å². The fourth-order valence-corrected chi connectivity index (χ4v) is 1.54. The van der Waals surface area contributed by atoms with Gasteiger partial charge in [0.2, 0.25) is 0 Å². The van der Waals surface area contributed by atoms with Crippen molar-refractivity contribution in [2.24, 2.45) is 5.73 Å². The molecule has 1 heterocycles. The molecule has 52 valence electrons. The molecular formula is C7H8N2S. The molecule has 0 aromatic carbocycles. The van der Waals surface area contributed by atoms with E-state index in [1.54, 1.807) is 11.3 Å². The van der Waals surface area contributed by atoms with E-state index in [9.17, 15) is 0 Å². The van der Waals surface area contributed by atoms with Crippen LogP contribution < -0.4 is 5.73 Å². The van der Waals surface area contributed by atoms with E-state index in [4.69, 9.17) is 11.0 Å². The first-order chi connectivity index (χ1) is 4.75. The molecule has 1 aromatic heterocycles. The Labute approximate surface area is 63.9 Å². The number of aryl methyl sites for hydroxylation is 1. The van der Waals surface area contributed by atoms with Crippen molar-refractivity contribution in [3.63, 3.8) is 0 Å². The molecule has 0 saturated heterocycles. The van der Waals surface area contributed by atoms with Crippen LogP contribution in [0, 0.1) is 18.3 Å². The number of hydrogen-bond donors (Lipinski definition) is 1. The second kappa shape index (κ2) is 2.82. The smallest absolute Gasteiger partial charge is 0.119 e. The Hall–Kier alpha value is -0.850. The van der Waals surface area contributed by atoms with Crippen molar-refractivity contribution in [2.45, 2.75) is 13.0 Å². The Morgan fingerprint density at radius 1 is 1.80 bits per heavy atom. The SMILES string of the molecule is Cc1sccc1C(N)C#N. The number of rotatable bonds is 1. The maximum Gasteiger partial charge on any atom is 0.119 e. The average Bonchev–Trinajstić information content (AvgIpc) is 2.34. The molecule has 0 aliphatic heterocycles. The first kappa shape index (κ1) is 7.26. The third-order valence-corrected chi connectivity index (χ3v) is 2.23. The van der Waals surface area contributed by atoms with Crippen LogP contribution >= 0.6 is 11.3 Å². The summed E-state index contributed by atoms with van der Waals surface area (Å²) in [7, 11) is 0. The lowest BCUT2D eigenvalue weighted by atomic mass is 10.1. The third-order valence-electron chi connectivity index (χ3n) is 1.37. The van der Waals surface area contributed by atoms with Gasteiger partial charge in [0.05, 0.1) is 6.07 Å². The van der Waals surface area contributed by atoms with Gasteiger partial charge in [-0.25, -0.2) is 0 Å². The van der Waals surface area contributed by atoms with Gasteiger partial charge in [-0.05, 0) is 23.9 Å². The fourth-order valence-electron chi connectivity index (χ4n) is 0.787. The largest absolute Gasteiger partial charge is 0.312 e. The highest BCUT2D eigenvalue weighted by atomic mass is 32.1. The van der Waals surface area contributed by atoms with Crippen LogP contribution in [0.1, 0.15) is 16.5 Å². The summed E-state index contributed by atoms with van der Waals surface area (Å²) in [5.74, 6) is 0. The molecule has 0 aliphatic carbocycles. The van der Waals surface area contributed by atoms with Crippen LogP contribution in [-0.2, 0) is 0 Å². The van der Waals surface area contributed by atoms with Crippen molar-refractivity contribution in [2.75, 3.05) is 0 Å². The molecule has 2 nitrogen and oxygen atoms in total. The quantitative estimate of drug-likeness (QED) is 0.664. The molecule has 2 N–H and O–H groups in total. The molecule has 1 atom stereocenters. The van der Waals surface area contributed by atoms with Crippen LogP contribution in [0.15, 0.2) is 11.4 Å². The van der Waals surface area contributed by atoms with E-state index in [1.807, 2.05) is 24.4 Å². The van der Waals surface area contributed by atoms with Gasteiger partial charge >= 0.3 is 0 Å². The summed E-state index contributed by atoms with van der Waals surface area (Å²) in [6.45, 7) is 1.97. The summed E-state index contributed by atoms with van der Waals surface area (Å²) in [4.78, 5) is 1.13. The van der Waals surface area contributed by atoms with Crippen molar-refractivity contribution in [1.29, 1.82) is 5.26 Å². The highest BCUT2D eigenvalue weighted by Gasteiger charge is 2.06. The molecule has 1 rings (SSSR count). The maximum absolute atomic E-state index is 8.46. The predicted molar refractivity (Wildman–Crippen MR) is 41.6 cm³/mol. The number of thiophene rings is 1. The molecule has 0 radical (unpaired) electrons. The molecule has 3 heteroatoms. The highest BCUT2D eigenvalue weighted by Crippen LogP contribution is 2.19. The van der Waals surface area contributed by atoms with Gasteiger partial charge in [-0.3, -0.25) is 0 Å². The number of nitrogens with zero attached hydrogens (tertiary/aromatic N) is 1. The standard InChI is InChI=1S/C7H8N2S/c1-5-6(2-3-10-5)7(9)4-8/h2-3,7H,9H2,1H3. The van der Waals surface area contributed by atoms with E-state index in [-0.39, 0.29) is 0 Å². The van der Waals surface area contributed by atoms with Crippen molar-refractivity contribution >= 4 is 11.3 Å². The molecule has 0 bridgehead atoms. The Kier molecular flexibility index (Phi) is 2.05. The summed E-state index contributed by atoms with van der Waals surface area (Å²) in [5.41, 5.74) is 6.44. The zero-order chi connectivity index (χ0) is 7.56. The van der Waals surface area contributed by atoms with Crippen LogP contribution in [0.25, 0.3) is 0 Å². The minimum Gasteiger partial charge on any atom is -0.312 e. The van der Waals surface area contributed by atoms with Gasteiger partial charge in [-0.2, -0.15) is 5.26 Å². The van der Waals surface area contributed by atoms with Crippen LogP contribution in [0.5, 0.6) is 0 Å². The van der Waals surface area contributed by atoms with Crippen molar-refractivity contribution in [3.05, 3.63) is 21.9 Å². The molecule has 0 aliphatic rings. The van der Waals surface area contributed by atoms with Crippen LogP contribution in [-0.4, -0.2) is 0 Å². The predicted octanol–water partition coefficient (Wildman–Crippen LogP) is 1.58. The average molecular weight is 152 g/mol. The van der Waals surface area contributed by atoms with Crippen molar-refractivity contribution < 1.29 is 0 Å². The van der Waals surface area contributed by atoms with E-state index in [2.05, 4.69) is 0 Å². The van der Waals surface area contributed by atoms with Crippen LogP contribution in [0.4, 0.5) is 0 Å². The zero-order valence-electron chi connectivity index (χ0n) is 5.66. The van der Waals surface area contributed by atoms with Gasteiger partial charge in [0.1, 0.15) is 6.04 Å². The monoisotopic (exact) mass is 152 g/mol. The van der Waals surface area contributed by atoms with Crippen LogP contribution in [0.2, 0.25) is 0 Å². The molecule has 0 spiro atoms. The molecular weight excluding hydrogens is 144 g/mol. The third kappa shape index (κ3) is 1.18. The lowest BCUT2D eigenvalue weighted by Gasteiger charge is -1.98. The number of nitriles is 1. The fraction of sp³-hybridized carbons (Fsp3) is 0.286. The molecule has 0 fully saturated rings. The summed E-state index contributed by atoms with van der Waals surface area (Å²) in [5, 5.41) is 10.4. The highest BCUT2D eigenvalue weighted by molar-refractivity contribution is 7.10. The van der Waals surface area contributed by atoms with Gasteiger partial charge in [0.15, 0.2) is 0 Å². The van der Waals surface area contributed by atoms with Gasteiger partial charge in [-0.1, -0.05) is 0 Å². The van der Waals surface area contributed by atoms with Crippen molar-refractivity contribution in [1.82, 2.24) is 0 Å². The Morgan fingerprint density at radius 3 is 2.90 bits per heavy atom.